The van der Waals surface area contributed by atoms with Crippen LogP contribution >= 0.6 is 0 Å². The topological polar surface area (TPSA) is 194 Å². The van der Waals surface area contributed by atoms with Gasteiger partial charge in [0.05, 0.1) is 18.8 Å². The first kappa shape index (κ1) is 54.1. The highest BCUT2D eigenvalue weighted by Gasteiger charge is 2.56. The summed E-state index contributed by atoms with van der Waals surface area (Å²) in [7, 11) is -10.0. The smallest absolute Gasteiger partial charge is 0.330 e. The second-order valence-corrected chi connectivity index (χ2v) is 43.0. The Labute approximate surface area is 384 Å². The highest BCUT2D eigenvalue weighted by atomic mass is 28.4. The Balaban J connectivity index is 1.78. The fourth-order valence-electron chi connectivity index (χ4n) is 6.74. The second kappa shape index (κ2) is 18.9. The van der Waals surface area contributed by atoms with E-state index in [0.29, 0.717) is 0 Å². The zero-order chi connectivity index (χ0) is 49.0. The fraction of sp³-hybridized carbons (Fsp3) is 0.795. The number of nitrogens with zero attached hydrogens (tertiary/aromatic N) is 2. The largest absolute Gasteiger partial charge is 0.414 e. The van der Waals surface area contributed by atoms with E-state index in [9.17, 15) is 24.0 Å². The summed E-state index contributed by atoms with van der Waals surface area (Å²) in [5, 5.41) is 2.39. The van der Waals surface area contributed by atoms with Gasteiger partial charge in [-0.05, 0) is 72.5 Å². The molecule has 0 aromatic carbocycles. The molecule has 4 heterocycles. The number of hydrogen-bond acceptors (Lipinski definition) is 11. The van der Waals surface area contributed by atoms with Crippen LogP contribution in [-0.2, 0) is 32.0 Å². The third kappa shape index (κ3) is 12.1. The summed E-state index contributed by atoms with van der Waals surface area (Å²) in [6.07, 6.45) is -2.82. The van der Waals surface area contributed by atoms with E-state index in [4.69, 9.17) is 27.2 Å². The van der Waals surface area contributed by atoms with Gasteiger partial charge < -0.3 is 32.5 Å². The minimum Gasteiger partial charge on any atom is -0.414 e. The van der Waals surface area contributed by atoms with Crippen molar-refractivity contribution in [1.82, 2.24) is 24.4 Å². The first-order chi connectivity index (χ1) is 28.8. The van der Waals surface area contributed by atoms with Crippen molar-refractivity contribution in [2.24, 2.45) is 5.92 Å². The van der Waals surface area contributed by atoms with Crippen molar-refractivity contribution in [1.29, 1.82) is 0 Å². The first-order valence-corrected chi connectivity index (χ1v) is 34.3. The van der Waals surface area contributed by atoms with Crippen molar-refractivity contribution in [2.75, 3.05) is 13.2 Å². The average Bonchev–Trinajstić information content (AvgIpc) is 3.59. The van der Waals surface area contributed by atoms with Gasteiger partial charge in [0.1, 0.15) is 18.3 Å². The highest BCUT2D eigenvalue weighted by molar-refractivity contribution is 6.75. The Bertz CT molecular complexity index is 2190. The van der Waals surface area contributed by atoms with Gasteiger partial charge in [-0.2, -0.15) is 0 Å². The molecule has 1 amide bonds. The molecule has 8 atom stereocenters. The van der Waals surface area contributed by atoms with Gasteiger partial charge >= 0.3 is 11.4 Å². The van der Waals surface area contributed by atoms with Crippen LogP contribution in [0.5, 0.6) is 0 Å². The summed E-state index contributed by atoms with van der Waals surface area (Å²) in [4.78, 5) is 70.6. The third-order valence-corrected chi connectivity index (χ3v) is 33.0. The number of hydrogen-bond donors (Lipinski definition) is 3. The molecule has 2 aromatic heterocycles. The number of aromatic nitrogens is 4. The summed E-state index contributed by atoms with van der Waals surface area (Å²) in [5.74, 6) is -0.890. The molecule has 64 heavy (non-hydrogen) atoms. The molecule has 2 aromatic rings. The van der Waals surface area contributed by atoms with Gasteiger partial charge in [0.2, 0.25) is 5.91 Å². The minimum atomic E-state index is -2.59. The Morgan fingerprint density at radius 2 is 0.969 bits per heavy atom. The summed E-state index contributed by atoms with van der Waals surface area (Å²) >= 11 is 0. The molecule has 3 N–H and O–H groups in total. The van der Waals surface area contributed by atoms with Crippen LogP contribution in [0.1, 0.15) is 102 Å². The average molecular weight is 968 g/mol. The Kier molecular flexibility index (Phi) is 15.9. The van der Waals surface area contributed by atoms with E-state index in [1.54, 1.807) is 0 Å². The molecule has 0 spiro atoms. The molecule has 20 heteroatoms. The van der Waals surface area contributed by atoms with E-state index in [1.807, 2.05) is 0 Å². The standard InChI is InChI=1S/C44H81N5O11Si4/c1-41(2,3)61(13,14)55-27-30-28(34(58-62(15,16)42(4,5)6)37(57-30)48-23-21-31(50)46-39(48)53)25-33(52)45-26-29-35(59-63(17,18)43(7,8)9)36(60-64(19,20)44(10,11)12)38(56-29)49-24-22-32(51)47-40(49)54/h21-24,28-30,34-38H,25-27H2,1-20H3,(H,45,52)(H,46,50,53)(H,47,51,54)/t28-,29-,30-,34-,35-,36-,37-,38-/m1/s1. The maximum absolute atomic E-state index is 14.6. The molecule has 0 saturated carbocycles. The van der Waals surface area contributed by atoms with Crippen LogP contribution in [0.2, 0.25) is 72.5 Å². The maximum Gasteiger partial charge on any atom is 0.330 e. The van der Waals surface area contributed by atoms with Crippen molar-refractivity contribution in [2.45, 2.75) is 205 Å². The highest BCUT2D eigenvalue weighted by Crippen LogP contribution is 2.47. The van der Waals surface area contributed by atoms with Crippen LogP contribution in [0, 0.1) is 5.92 Å². The lowest BCUT2D eigenvalue weighted by Gasteiger charge is -2.44. The number of carbonyl (C=O) groups excluding carboxylic acids is 1. The number of ether oxygens (including phenoxy) is 2. The molecule has 2 fully saturated rings. The molecule has 0 bridgehead atoms. The molecule has 2 saturated heterocycles. The Morgan fingerprint density at radius 1 is 0.594 bits per heavy atom. The van der Waals surface area contributed by atoms with E-state index in [-0.39, 0.29) is 45.6 Å². The van der Waals surface area contributed by atoms with Crippen LogP contribution in [0.25, 0.3) is 0 Å². The van der Waals surface area contributed by atoms with Crippen molar-refractivity contribution < 1.29 is 32.0 Å². The number of carbonyl (C=O) groups is 1. The first-order valence-electron chi connectivity index (χ1n) is 22.7. The predicted octanol–water partition coefficient (Wildman–Crippen LogP) is 7.20. The van der Waals surface area contributed by atoms with Gasteiger partial charge in [-0.3, -0.25) is 33.5 Å². The quantitative estimate of drug-likeness (QED) is 0.153. The van der Waals surface area contributed by atoms with Gasteiger partial charge in [-0.15, -0.1) is 0 Å². The molecule has 4 rings (SSSR count). The monoisotopic (exact) mass is 968 g/mol. The molecule has 0 aliphatic carbocycles. The van der Waals surface area contributed by atoms with Crippen LogP contribution < -0.4 is 27.8 Å². The lowest BCUT2D eigenvalue weighted by Crippen LogP contribution is -2.55. The van der Waals surface area contributed by atoms with Crippen LogP contribution in [-0.4, -0.2) is 102 Å². The van der Waals surface area contributed by atoms with Gasteiger partial charge in [0.15, 0.2) is 45.7 Å². The number of H-pyrrole nitrogens is 2. The van der Waals surface area contributed by atoms with E-state index >= 15 is 0 Å². The van der Waals surface area contributed by atoms with Crippen LogP contribution in [0.15, 0.2) is 43.7 Å². The van der Waals surface area contributed by atoms with E-state index < -0.39 is 105 Å². The number of rotatable bonds is 15. The summed E-state index contributed by atoms with van der Waals surface area (Å²) in [6, 6.07) is 2.55. The van der Waals surface area contributed by atoms with Crippen molar-refractivity contribution in [3.05, 3.63) is 66.2 Å². The lowest BCUT2D eigenvalue weighted by atomic mass is 9.94. The van der Waals surface area contributed by atoms with Crippen molar-refractivity contribution >= 4 is 39.2 Å². The summed E-state index contributed by atoms with van der Waals surface area (Å²) in [5.41, 5.74) is -2.36. The molecule has 16 nitrogen and oxygen atoms in total. The zero-order valence-corrected chi connectivity index (χ0v) is 46.4. The third-order valence-electron chi connectivity index (χ3n) is 15.1. The molecule has 0 radical (unpaired) electrons. The van der Waals surface area contributed by atoms with E-state index in [0.717, 1.165) is 0 Å². The molecule has 2 aliphatic rings. The molecular formula is C44H81N5O11Si4. The van der Waals surface area contributed by atoms with Gasteiger partial charge in [-0.25, -0.2) is 9.59 Å². The lowest BCUT2D eigenvalue weighted by molar-refractivity contribution is -0.124. The molecular weight excluding hydrogens is 887 g/mol. The number of amides is 1. The normalized spacial score (nSPS) is 25.5. The predicted molar refractivity (Wildman–Crippen MR) is 261 cm³/mol. The molecule has 0 unspecified atom stereocenters. The summed E-state index contributed by atoms with van der Waals surface area (Å²) in [6.45, 7) is 42.9. The van der Waals surface area contributed by atoms with Gasteiger partial charge in [0.25, 0.3) is 11.1 Å². The van der Waals surface area contributed by atoms with Crippen LogP contribution in [0.4, 0.5) is 0 Å². The number of aromatic amines is 2. The van der Waals surface area contributed by atoms with Gasteiger partial charge in [0, 0.05) is 43.4 Å². The van der Waals surface area contributed by atoms with Crippen molar-refractivity contribution in [3.8, 4) is 0 Å². The van der Waals surface area contributed by atoms with E-state index in [2.05, 4.69) is 151 Å². The molecule has 2 aliphatic heterocycles. The van der Waals surface area contributed by atoms with E-state index in [1.165, 1.54) is 33.7 Å². The zero-order valence-electron chi connectivity index (χ0n) is 42.4. The molecule has 364 valence electrons. The van der Waals surface area contributed by atoms with Gasteiger partial charge in [-0.1, -0.05) is 83.1 Å². The van der Waals surface area contributed by atoms with Crippen LogP contribution in [0.3, 0.4) is 0 Å². The number of nitrogens with one attached hydrogen (secondary N) is 3. The summed E-state index contributed by atoms with van der Waals surface area (Å²) < 4.78 is 44.4. The Hall–Kier alpha value is -2.54. The Morgan fingerprint density at radius 3 is 1.38 bits per heavy atom. The SMILES string of the molecule is CC(C)(C)[Si](C)(C)OC[C@H]1O[C@@H](n2ccc(=O)[nH]c2=O)[C@H](O[Si](C)(C)C(C)(C)C)[C@@H]1CC(=O)NC[C@H]1O[C@@H](n2ccc(=O)[nH]c2=O)[C@H](O[Si](C)(C)C(C)(C)C)[C@@H]1O[Si](C)(C)C(C)(C)C. The van der Waals surface area contributed by atoms with Crippen molar-refractivity contribution in [3.63, 3.8) is 0 Å². The minimum absolute atomic E-state index is 0.0133. The maximum atomic E-state index is 14.6. The second-order valence-electron chi connectivity index (χ2n) is 23.9. The fourth-order valence-corrected chi connectivity index (χ4v) is 11.7.